The average molecular weight is 558 g/mol. The van der Waals surface area contributed by atoms with Crippen molar-refractivity contribution in [3.63, 3.8) is 0 Å². The predicted octanol–water partition coefficient (Wildman–Crippen LogP) is 2.21. The predicted molar refractivity (Wildman–Crippen MR) is 133 cm³/mol. The second kappa shape index (κ2) is 11.3. The van der Waals surface area contributed by atoms with Gasteiger partial charge in [0.1, 0.15) is 5.54 Å². The number of fused-ring (bicyclic) bond motifs is 1. The number of carboxylic acid groups (broad SMARTS) is 1. The molecule has 216 valence electrons. The number of hydrogen-bond acceptors (Lipinski definition) is 7. The van der Waals surface area contributed by atoms with Crippen molar-refractivity contribution in [2.45, 2.75) is 57.8 Å². The largest absolute Gasteiger partial charge is 0.490 e. The molecule has 3 rings (SSSR count). The Morgan fingerprint density at radius 2 is 1.62 bits per heavy atom. The molecule has 1 aromatic carbocycles. The number of ether oxygens (including phenoxy) is 1. The molecule has 0 bridgehead atoms. The molecule has 0 aromatic heterocycles. The standard InChI is InChI=1S/C24H33N3O5.C2HF3O2/c1-8-27(19(28)14-9-11-15(12-10-14)23(2,3)4)13-16-17-18(21(30)26(6)20(17)29)24(5,25-16)22(31)32-7;3-2(4,5)1(6)7/h9-12,16-18,25H,8,13H2,1-7H3;(H,6,7)/t16-,17+,18-,24-;/m1./s1. The van der Waals surface area contributed by atoms with Gasteiger partial charge in [0.15, 0.2) is 0 Å². The molecule has 0 spiro atoms. The van der Waals surface area contributed by atoms with Crippen LogP contribution in [0.25, 0.3) is 0 Å². The van der Waals surface area contributed by atoms with Crippen LogP contribution in [0.15, 0.2) is 24.3 Å². The Morgan fingerprint density at radius 1 is 1.10 bits per heavy atom. The van der Waals surface area contributed by atoms with Crippen molar-refractivity contribution in [3.05, 3.63) is 35.4 Å². The number of aliphatic carboxylic acids is 1. The summed E-state index contributed by atoms with van der Waals surface area (Å²) in [6.07, 6.45) is -5.08. The molecule has 0 unspecified atom stereocenters. The van der Waals surface area contributed by atoms with Gasteiger partial charge in [-0.2, -0.15) is 13.2 Å². The molecule has 0 aliphatic carbocycles. The lowest BCUT2D eigenvalue weighted by molar-refractivity contribution is -0.192. The van der Waals surface area contributed by atoms with Gasteiger partial charge in [-0.3, -0.25) is 29.4 Å². The zero-order valence-corrected chi connectivity index (χ0v) is 22.9. The lowest BCUT2D eigenvalue weighted by Crippen LogP contribution is -2.56. The first-order valence-corrected chi connectivity index (χ1v) is 12.2. The van der Waals surface area contributed by atoms with E-state index < -0.39 is 47.4 Å². The number of amides is 3. The average Bonchev–Trinajstić information content (AvgIpc) is 3.28. The van der Waals surface area contributed by atoms with E-state index in [2.05, 4.69) is 26.1 Å². The summed E-state index contributed by atoms with van der Waals surface area (Å²) in [5, 5.41) is 10.3. The Labute approximate surface area is 224 Å². The summed E-state index contributed by atoms with van der Waals surface area (Å²) in [6, 6.07) is 6.98. The Hall–Kier alpha value is -3.48. The summed E-state index contributed by atoms with van der Waals surface area (Å²) in [5.74, 6) is -5.87. The Balaban J connectivity index is 0.000000673. The van der Waals surface area contributed by atoms with Gasteiger partial charge in [-0.25, -0.2) is 4.79 Å². The van der Waals surface area contributed by atoms with Crippen LogP contribution >= 0.6 is 0 Å². The van der Waals surface area contributed by atoms with Gasteiger partial charge in [0.05, 0.1) is 18.9 Å². The number of carbonyl (C=O) groups is 5. The first-order chi connectivity index (χ1) is 17.8. The van der Waals surface area contributed by atoms with E-state index >= 15 is 0 Å². The van der Waals surface area contributed by atoms with E-state index in [0.717, 1.165) is 10.5 Å². The van der Waals surface area contributed by atoms with Crippen LogP contribution in [0.5, 0.6) is 0 Å². The highest BCUT2D eigenvalue weighted by atomic mass is 19.4. The van der Waals surface area contributed by atoms with Crippen molar-refractivity contribution in [3.8, 4) is 0 Å². The van der Waals surface area contributed by atoms with E-state index in [-0.39, 0.29) is 23.8 Å². The minimum absolute atomic E-state index is 0.0193. The van der Waals surface area contributed by atoms with Crippen molar-refractivity contribution in [1.29, 1.82) is 0 Å². The van der Waals surface area contributed by atoms with Crippen molar-refractivity contribution >= 4 is 29.7 Å². The Bertz CT molecular complexity index is 1130. The fraction of sp³-hybridized carbons (Fsp3) is 0.577. The van der Waals surface area contributed by atoms with Crippen molar-refractivity contribution < 1.29 is 47.0 Å². The zero-order chi connectivity index (χ0) is 30.1. The summed E-state index contributed by atoms with van der Waals surface area (Å²) >= 11 is 0. The van der Waals surface area contributed by atoms with E-state index in [1.165, 1.54) is 14.2 Å². The maximum Gasteiger partial charge on any atom is 0.490 e. The zero-order valence-electron chi connectivity index (χ0n) is 22.9. The van der Waals surface area contributed by atoms with Crippen LogP contribution in [0.1, 0.15) is 50.5 Å². The number of likely N-dealkylation sites (tertiary alicyclic amines) is 1. The van der Waals surface area contributed by atoms with Crippen LogP contribution < -0.4 is 5.32 Å². The van der Waals surface area contributed by atoms with E-state index in [1.54, 1.807) is 11.8 Å². The number of carboxylic acids is 1. The summed E-state index contributed by atoms with van der Waals surface area (Å²) in [6.45, 7) is 10.4. The molecule has 0 saturated carbocycles. The molecule has 2 aliphatic heterocycles. The molecule has 3 amide bonds. The smallest absolute Gasteiger partial charge is 0.475 e. The third-order valence-electron chi connectivity index (χ3n) is 7.05. The summed E-state index contributed by atoms with van der Waals surface area (Å²) in [5.41, 5.74) is 0.327. The number of alkyl halides is 3. The van der Waals surface area contributed by atoms with Gasteiger partial charge in [0, 0.05) is 31.7 Å². The van der Waals surface area contributed by atoms with Gasteiger partial charge < -0.3 is 14.7 Å². The number of nitrogens with one attached hydrogen (secondary N) is 1. The SMILES string of the molecule is CCN(C[C@H]1N[C@@](C)(C(=O)OC)[C@H]2C(=O)N(C)C(=O)[C@@H]12)C(=O)c1ccc(C(C)(C)C)cc1.O=C(O)C(F)(F)F. The molecule has 2 fully saturated rings. The summed E-state index contributed by atoms with van der Waals surface area (Å²) in [7, 11) is 2.68. The number of likely N-dealkylation sites (N-methyl/N-ethyl adjacent to an activating group) is 1. The molecule has 2 heterocycles. The van der Waals surface area contributed by atoms with E-state index in [9.17, 15) is 32.3 Å². The quantitative estimate of drug-likeness (QED) is 0.416. The third kappa shape index (κ3) is 6.40. The topological polar surface area (TPSA) is 133 Å². The monoisotopic (exact) mass is 557 g/mol. The Kier molecular flexibility index (Phi) is 9.22. The van der Waals surface area contributed by atoms with Crippen molar-refractivity contribution in [2.75, 3.05) is 27.2 Å². The van der Waals surface area contributed by atoms with Gasteiger partial charge in [0.25, 0.3) is 5.91 Å². The number of imide groups is 1. The molecule has 4 atom stereocenters. The lowest BCUT2D eigenvalue weighted by Gasteiger charge is -2.30. The van der Waals surface area contributed by atoms with Crippen LogP contribution in [0.2, 0.25) is 0 Å². The Morgan fingerprint density at radius 3 is 2.03 bits per heavy atom. The summed E-state index contributed by atoms with van der Waals surface area (Å²) < 4.78 is 36.7. The van der Waals surface area contributed by atoms with Crippen molar-refractivity contribution in [2.24, 2.45) is 11.8 Å². The number of hydrogen-bond donors (Lipinski definition) is 2. The van der Waals surface area contributed by atoms with Gasteiger partial charge in [0.2, 0.25) is 11.8 Å². The van der Waals surface area contributed by atoms with Crippen molar-refractivity contribution in [1.82, 2.24) is 15.1 Å². The second-order valence-electron chi connectivity index (χ2n) is 10.7. The highest BCUT2D eigenvalue weighted by molar-refractivity contribution is 6.09. The van der Waals surface area contributed by atoms with Crippen LogP contribution in [0.3, 0.4) is 0 Å². The molecule has 0 radical (unpaired) electrons. The third-order valence-corrected chi connectivity index (χ3v) is 7.05. The van der Waals surface area contributed by atoms with Crippen LogP contribution in [0.4, 0.5) is 13.2 Å². The number of rotatable bonds is 5. The maximum absolute atomic E-state index is 13.2. The highest BCUT2D eigenvalue weighted by Crippen LogP contribution is 2.43. The van der Waals surface area contributed by atoms with E-state index in [1.807, 2.05) is 31.2 Å². The van der Waals surface area contributed by atoms with Gasteiger partial charge >= 0.3 is 18.1 Å². The number of methoxy groups -OCH3 is 1. The van der Waals surface area contributed by atoms with Crippen LogP contribution in [-0.2, 0) is 29.3 Å². The van der Waals surface area contributed by atoms with Crippen LogP contribution in [0, 0.1) is 11.8 Å². The number of nitrogens with zero attached hydrogens (tertiary/aromatic N) is 2. The molecular formula is C26H34F3N3O7. The molecule has 39 heavy (non-hydrogen) atoms. The number of esters is 1. The molecule has 1 aromatic rings. The fourth-order valence-corrected chi connectivity index (χ4v) is 4.86. The lowest BCUT2D eigenvalue weighted by atomic mass is 9.81. The number of carbonyl (C=O) groups excluding carboxylic acids is 4. The maximum atomic E-state index is 13.2. The van der Waals surface area contributed by atoms with Gasteiger partial charge in [-0.15, -0.1) is 0 Å². The molecule has 2 aliphatic rings. The number of benzene rings is 1. The number of halogens is 3. The molecule has 2 N–H and O–H groups in total. The van der Waals surface area contributed by atoms with Gasteiger partial charge in [-0.1, -0.05) is 32.9 Å². The van der Waals surface area contributed by atoms with E-state index in [4.69, 9.17) is 14.6 Å². The van der Waals surface area contributed by atoms with Crippen LogP contribution in [-0.4, -0.2) is 89.6 Å². The molecular weight excluding hydrogens is 523 g/mol. The normalized spacial score (nSPS) is 24.6. The molecule has 10 nitrogen and oxygen atoms in total. The molecule has 13 heteroatoms. The first-order valence-electron chi connectivity index (χ1n) is 12.2. The highest BCUT2D eigenvalue weighted by Gasteiger charge is 2.66. The summed E-state index contributed by atoms with van der Waals surface area (Å²) in [4.78, 5) is 63.0. The van der Waals surface area contributed by atoms with E-state index in [0.29, 0.717) is 12.1 Å². The van der Waals surface area contributed by atoms with Gasteiger partial charge in [-0.05, 0) is 37.0 Å². The first kappa shape index (κ1) is 31.7. The minimum Gasteiger partial charge on any atom is -0.475 e. The fourth-order valence-electron chi connectivity index (χ4n) is 4.86. The minimum atomic E-state index is -5.08. The second-order valence-corrected chi connectivity index (χ2v) is 10.7. The molecule has 2 saturated heterocycles.